The number of aliphatic hydroxyl groups is 1. The molecule has 0 spiro atoms. The quantitative estimate of drug-likeness (QED) is 0.199. The second kappa shape index (κ2) is 12.8. The highest BCUT2D eigenvalue weighted by Crippen LogP contribution is 2.63. The smallest absolute Gasteiger partial charge is 0.303 e. The third-order valence-corrected chi connectivity index (χ3v) is 10.7. The molecular formula is C35H36ClFN2O8. The average molecular weight is 667 g/mol. The summed E-state index contributed by atoms with van der Waals surface area (Å²) in [6, 6.07) is 10.8. The number of ether oxygens (including phenoxy) is 1. The maximum atomic E-state index is 14.5. The van der Waals surface area contributed by atoms with Crippen molar-refractivity contribution in [3.8, 4) is 5.75 Å². The van der Waals surface area contributed by atoms with E-state index in [-0.39, 0.29) is 55.1 Å². The number of hydrogen-bond donors (Lipinski definition) is 2. The number of allylic oxidation sites excluding steroid dienone is 2. The monoisotopic (exact) mass is 666 g/mol. The normalized spacial score (nSPS) is 28.3. The number of unbranched alkanes of at least 4 members (excludes halogenated alkanes) is 2. The first-order chi connectivity index (χ1) is 22.5. The fourth-order valence-electron chi connectivity index (χ4n) is 8.19. The van der Waals surface area contributed by atoms with Crippen LogP contribution in [0.25, 0.3) is 0 Å². The highest BCUT2D eigenvalue weighted by molar-refractivity contribution is 6.31. The van der Waals surface area contributed by atoms with Crippen LogP contribution in [0, 0.1) is 34.9 Å². The first kappa shape index (κ1) is 32.8. The topological polar surface area (TPSA) is 142 Å². The summed E-state index contributed by atoms with van der Waals surface area (Å²) in [5, 5.41) is 17.9. The van der Waals surface area contributed by atoms with Gasteiger partial charge in [0.05, 0.1) is 40.5 Å². The number of nitrogens with zero attached hydrogens (tertiary/aromatic N) is 2. The standard InChI is InChI=1S/C35H36ClFN2O8/c1-35-25(32(44)39(34(35)46)20-8-13-27(37)26(36)17-20)18-24-22(30(35)19-6-9-21(10-7-19)47-16-15-40)11-12-23-29(24)33(45)38(31(23)43)14-4-2-3-5-28(41)42/h6-11,13,17,23-25,29-30,40H,2-5,12,14-16,18H2,1H3,(H,41,42)/t23-,24+,25-,29-,30-,35+/m0/s1. The van der Waals surface area contributed by atoms with Crippen LogP contribution in [0.5, 0.6) is 5.75 Å². The van der Waals surface area contributed by atoms with E-state index in [1.54, 1.807) is 19.1 Å². The molecule has 10 nitrogen and oxygen atoms in total. The van der Waals surface area contributed by atoms with Gasteiger partial charge in [-0.2, -0.15) is 0 Å². The van der Waals surface area contributed by atoms with Gasteiger partial charge in [-0.1, -0.05) is 41.8 Å². The van der Waals surface area contributed by atoms with Crippen LogP contribution >= 0.6 is 11.6 Å². The molecule has 12 heteroatoms. The number of halogens is 2. The van der Waals surface area contributed by atoms with E-state index in [1.807, 2.05) is 18.2 Å². The molecule has 2 aliphatic heterocycles. The summed E-state index contributed by atoms with van der Waals surface area (Å²) < 4.78 is 19.6. The Kier molecular flexibility index (Phi) is 8.97. The molecule has 0 bridgehead atoms. The number of amides is 4. The molecule has 2 aromatic carbocycles. The van der Waals surface area contributed by atoms with Crippen LogP contribution in [0.15, 0.2) is 54.1 Å². The van der Waals surface area contributed by atoms with Crippen LogP contribution in [-0.4, -0.2) is 64.5 Å². The van der Waals surface area contributed by atoms with E-state index in [9.17, 15) is 33.5 Å². The number of benzene rings is 2. The Labute approximate surface area is 276 Å². The first-order valence-corrected chi connectivity index (χ1v) is 16.3. The van der Waals surface area contributed by atoms with Crippen LogP contribution < -0.4 is 9.64 Å². The molecule has 4 aliphatic rings. The van der Waals surface area contributed by atoms with Crippen LogP contribution in [0.1, 0.15) is 56.9 Å². The molecule has 2 heterocycles. The Hall–Kier alpha value is -4.09. The highest BCUT2D eigenvalue weighted by atomic mass is 35.5. The van der Waals surface area contributed by atoms with Crippen LogP contribution in [0.3, 0.4) is 0 Å². The molecule has 248 valence electrons. The lowest BCUT2D eigenvalue weighted by molar-refractivity contribution is -0.141. The lowest BCUT2D eigenvalue weighted by atomic mass is 9.51. The minimum Gasteiger partial charge on any atom is -0.491 e. The Bertz CT molecular complexity index is 1660. The van der Waals surface area contributed by atoms with Crippen molar-refractivity contribution in [1.82, 2.24) is 4.90 Å². The van der Waals surface area contributed by atoms with Gasteiger partial charge in [0.25, 0.3) is 0 Å². The number of imide groups is 2. The number of hydrogen-bond acceptors (Lipinski definition) is 7. The van der Waals surface area contributed by atoms with Crippen molar-refractivity contribution in [1.29, 1.82) is 0 Å². The van der Waals surface area contributed by atoms with Gasteiger partial charge in [-0.15, -0.1) is 0 Å². The van der Waals surface area contributed by atoms with E-state index >= 15 is 0 Å². The number of carbonyl (C=O) groups is 5. The number of likely N-dealkylation sites (tertiary alicyclic amines) is 1. The fourth-order valence-corrected chi connectivity index (χ4v) is 8.37. The van der Waals surface area contributed by atoms with Crippen LogP contribution in [0.2, 0.25) is 5.02 Å². The Balaban J connectivity index is 1.37. The van der Waals surface area contributed by atoms with Gasteiger partial charge in [0.15, 0.2) is 0 Å². The molecular weight excluding hydrogens is 631 g/mol. The number of carboxylic acid groups (broad SMARTS) is 1. The van der Waals surface area contributed by atoms with Crippen LogP contribution in [0.4, 0.5) is 10.1 Å². The number of aliphatic hydroxyl groups excluding tert-OH is 1. The number of carbonyl (C=O) groups excluding carboxylic acids is 4. The molecule has 6 atom stereocenters. The summed E-state index contributed by atoms with van der Waals surface area (Å²) in [5.74, 6) is -5.79. The second-order valence-electron chi connectivity index (χ2n) is 12.9. The number of aliphatic carboxylic acids is 1. The molecule has 0 unspecified atom stereocenters. The van der Waals surface area contributed by atoms with Crippen molar-refractivity contribution in [3.05, 3.63) is 70.5 Å². The summed E-state index contributed by atoms with van der Waals surface area (Å²) in [4.78, 5) is 69.5. The SMILES string of the molecule is C[C@@]12C(=O)N(c3ccc(F)c(Cl)c3)C(=O)[C@@H]1C[C@@H]1C(=CC[C@@H]3C(=O)N(CCCCCC(=O)O)C(=O)[C@@H]31)[C@@H]2c1ccc(OCCO)cc1. The summed E-state index contributed by atoms with van der Waals surface area (Å²) in [6.07, 6.45) is 3.98. The van der Waals surface area contributed by atoms with Crippen molar-refractivity contribution >= 4 is 46.9 Å². The molecule has 2 saturated heterocycles. The molecule has 0 aromatic heterocycles. The fraction of sp³-hybridized carbons (Fsp3) is 0.457. The molecule has 47 heavy (non-hydrogen) atoms. The van der Waals surface area contributed by atoms with E-state index in [0.717, 1.165) is 22.1 Å². The maximum Gasteiger partial charge on any atom is 0.303 e. The molecule has 0 radical (unpaired) electrons. The van der Waals surface area contributed by atoms with E-state index in [2.05, 4.69) is 0 Å². The minimum absolute atomic E-state index is 0.0203. The third-order valence-electron chi connectivity index (χ3n) is 10.4. The van der Waals surface area contributed by atoms with E-state index in [0.29, 0.717) is 31.4 Å². The van der Waals surface area contributed by atoms with Gasteiger partial charge in [-0.25, -0.2) is 9.29 Å². The number of fused-ring (bicyclic) bond motifs is 4. The van der Waals surface area contributed by atoms with Crippen molar-refractivity contribution in [2.75, 3.05) is 24.7 Å². The molecule has 3 fully saturated rings. The van der Waals surface area contributed by atoms with Crippen molar-refractivity contribution in [2.45, 2.75) is 51.4 Å². The zero-order chi connectivity index (χ0) is 33.6. The predicted molar refractivity (Wildman–Crippen MR) is 168 cm³/mol. The summed E-state index contributed by atoms with van der Waals surface area (Å²) in [6.45, 7) is 1.90. The zero-order valence-corrected chi connectivity index (χ0v) is 26.6. The molecule has 1 saturated carbocycles. The lowest BCUT2D eigenvalue weighted by Gasteiger charge is -2.49. The number of rotatable bonds is 11. The van der Waals surface area contributed by atoms with Gasteiger partial charge in [0.1, 0.15) is 18.2 Å². The second-order valence-corrected chi connectivity index (χ2v) is 13.3. The van der Waals surface area contributed by atoms with Crippen LogP contribution in [-0.2, 0) is 24.0 Å². The van der Waals surface area contributed by atoms with Gasteiger partial charge in [-0.3, -0.25) is 28.9 Å². The number of carboxylic acids is 1. The summed E-state index contributed by atoms with van der Waals surface area (Å²) >= 11 is 6.06. The Morgan fingerprint density at radius 3 is 2.45 bits per heavy atom. The average Bonchev–Trinajstić information content (AvgIpc) is 3.40. The number of anilines is 1. The van der Waals surface area contributed by atoms with Gasteiger partial charge in [-0.05, 0) is 74.4 Å². The van der Waals surface area contributed by atoms with Crippen molar-refractivity contribution < 1.29 is 43.3 Å². The van der Waals surface area contributed by atoms with Gasteiger partial charge >= 0.3 is 5.97 Å². The van der Waals surface area contributed by atoms with E-state index in [1.165, 1.54) is 17.0 Å². The molecule has 2 aliphatic carbocycles. The zero-order valence-electron chi connectivity index (χ0n) is 25.9. The summed E-state index contributed by atoms with van der Waals surface area (Å²) in [7, 11) is 0. The highest BCUT2D eigenvalue weighted by Gasteiger charge is 2.67. The lowest BCUT2D eigenvalue weighted by Crippen LogP contribution is -2.48. The van der Waals surface area contributed by atoms with Gasteiger partial charge < -0.3 is 14.9 Å². The molecule has 6 rings (SSSR count). The molecule has 4 amide bonds. The maximum absolute atomic E-state index is 14.5. The first-order valence-electron chi connectivity index (χ1n) is 15.9. The molecule has 2 N–H and O–H groups in total. The third kappa shape index (κ3) is 5.53. The largest absolute Gasteiger partial charge is 0.491 e. The Morgan fingerprint density at radius 1 is 1.02 bits per heavy atom. The van der Waals surface area contributed by atoms with Crippen molar-refractivity contribution in [3.63, 3.8) is 0 Å². The van der Waals surface area contributed by atoms with E-state index < -0.39 is 58.6 Å². The van der Waals surface area contributed by atoms with Gasteiger partial charge in [0, 0.05) is 18.9 Å². The Morgan fingerprint density at radius 2 is 1.77 bits per heavy atom. The predicted octanol–water partition coefficient (Wildman–Crippen LogP) is 4.73. The summed E-state index contributed by atoms with van der Waals surface area (Å²) in [5.41, 5.74) is 0.453. The van der Waals surface area contributed by atoms with Crippen molar-refractivity contribution in [2.24, 2.45) is 29.1 Å². The molecule has 2 aromatic rings. The van der Waals surface area contributed by atoms with Gasteiger partial charge in [0.2, 0.25) is 23.6 Å². The van der Waals surface area contributed by atoms with E-state index in [4.69, 9.17) is 21.4 Å². The minimum atomic E-state index is -1.27.